The zero-order valence-corrected chi connectivity index (χ0v) is 10.4. The molecule has 1 atom stereocenters. The van der Waals surface area contributed by atoms with Crippen LogP contribution in [0.25, 0.3) is 0 Å². The van der Waals surface area contributed by atoms with Gasteiger partial charge in [-0.15, -0.1) is 0 Å². The molecule has 1 heterocycles. The minimum atomic E-state index is -0.229. The highest BCUT2D eigenvalue weighted by Crippen LogP contribution is 2.38. The van der Waals surface area contributed by atoms with E-state index in [0.717, 1.165) is 25.7 Å². The molecule has 0 radical (unpaired) electrons. The van der Waals surface area contributed by atoms with Crippen molar-refractivity contribution in [3.8, 4) is 0 Å². The third kappa shape index (κ3) is 2.37. The van der Waals surface area contributed by atoms with Gasteiger partial charge in [0.2, 0.25) is 11.8 Å². The van der Waals surface area contributed by atoms with Gasteiger partial charge in [-0.25, -0.2) is 0 Å². The number of carbonyl (C=O) groups excluding carboxylic acids is 2. The van der Waals surface area contributed by atoms with Gasteiger partial charge in [-0.05, 0) is 12.8 Å². The minimum absolute atomic E-state index is 0.0617. The average molecular weight is 239 g/mol. The molecule has 0 aromatic carbocycles. The zero-order chi connectivity index (χ0) is 12.5. The molecule has 0 bridgehead atoms. The standard InChI is InChI=1S/C13H21NO3/c1-10-7-11(16)14(12(10)17)8-13(9-15)5-3-2-4-6-13/h10,15H,2-9H2,1H3. The first-order valence-electron chi connectivity index (χ1n) is 6.53. The van der Waals surface area contributed by atoms with Gasteiger partial charge < -0.3 is 5.11 Å². The van der Waals surface area contributed by atoms with E-state index in [2.05, 4.69) is 0 Å². The van der Waals surface area contributed by atoms with Crippen molar-refractivity contribution in [2.45, 2.75) is 45.4 Å². The Bertz CT molecular complexity index is 321. The Morgan fingerprint density at radius 2 is 1.94 bits per heavy atom. The number of aliphatic hydroxyl groups is 1. The van der Waals surface area contributed by atoms with Crippen molar-refractivity contribution >= 4 is 11.8 Å². The number of carbonyl (C=O) groups is 2. The molecule has 1 unspecified atom stereocenters. The normalized spacial score (nSPS) is 28.8. The van der Waals surface area contributed by atoms with Crippen LogP contribution < -0.4 is 0 Å². The highest BCUT2D eigenvalue weighted by Gasteiger charge is 2.41. The average Bonchev–Trinajstić information content (AvgIpc) is 2.57. The van der Waals surface area contributed by atoms with Gasteiger partial charge in [0, 0.05) is 24.3 Å². The molecule has 1 N–H and O–H groups in total. The third-order valence-electron chi connectivity index (χ3n) is 4.21. The molecule has 17 heavy (non-hydrogen) atoms. The SMILES string of the molecule is CC1CC(=O)N(CC2(CO)CCCCC2)C1=O. The summed E-state index contributed by atoms with van der Waals surface area (Å²) < 4.78 is 0. The van der Waals surface area contributed by atoms with Gasteiger partial charge >= 0.3 is 0 Å². The summed E-state index contributed by atoms with van der Waals surface area (Å²) in [5.41, 5.74) is -0.229. The second-order valence-electron chi connectivity index (χ2n) is 5.64. The molecule has 2 fully saturated rings. The van der Waals surface area contributed by atoms with Crippen molar-refractivity contribution in [2.24, 2.45) is 11.3 Å². The fourth-order valence-electron chi connectivity index (χ4n) is 3.02. The number of nitrogens with zero attached hydrogens (tertiary/aromatic N) is 1. The molecular weight excluding hydrogens is 218 g/mol. The molecule has 96 valence electrons. The van der Waals surface area contributed by atoms with Crippen LogP contribution in [0, 0.1) is 11.3 Å². The number of likely N-dealkylation sites (tertiary alicyclic amines) is 1. The Hall–Kier alpha value is -0.900. The molecule has 1 aliphatic carbocycles. The van der Waals surface area contributed by atoms with Gasteiger partial charge in [-0.2, -0.15) is 0 Å². The fraction of sp³-hybridized carbons (Fsp3) is 0.846. The molecule has 4 heteroatoms. The van der Waals surface area contributed by atoms with Crippen molar-refractivity contribution in [3.63, 3.8) is 0 Å². The predicted octanol–water partition coefficient (Wildman–Crippen LogP) is 1.32. The van der Waals surface area contributed by atoms with Gasteiger partial charge in [-0.1, -0.05) is 26.2 Å². The molecule has 2 aliphatic rings. The summed E-state index contributed by atoms with van der Waals surface area (Å²) in [6.07, 6.45) is 5.56. The molecule has 4 nitrogen and oxygen atoms in total. The largest absolute Gasteiger partial charge is 0.396 e. The van der Waals surface area contributed by atoms with Gasteiger partial charge in [0.1, 0.15) is 0 Å². The van der Waals surface area contributed by atoms with Gasteiger partial charge in [-0.3, -0.25) is 14.5 Å². The van der Waals surface area contributed by atoms with Crippen LogP contribution in [0.2, 0.25) is 0 Å². The van der Waals surface area contributed by atoms with E-state index < -0.39 is 0 Å². The molecule has 1 saturated heterocycles. The minimum Gasteiger partial charge on any atom is -0.396 e. The first-order valence-corrected chi connectivity index (χ1v) is 6.53. The fourth-order valence-corrected chi connectivity index (χ4v) is 3.02. The lowest BCUT2D eigenvalue weighted by Crippen LogP contribution is -2.44. The first-order chi connectivity index (χ1) is 8.08. The lowest BCUT2D eigenvalue weighted by molar-refractivity contribution is -0.142. The monoisotopic (exact) mass is 239 g/mol. The second kappa shape index (κ2) is 4.77. The highest BCUT2D eigenvalue weighted by molar-refractivity contribution is 6.03. The summed E-state index contributed by atoms with van der Waals surface area (Å²) in [5, 5.41) is 9.59. The van der Waals surface area contributed by atoms with E-state index in [0.29, 0.717) is 13.0 Å². The second-order valence-corrected chi connectivity index (χ2v) is 5.64. The summed E-state index contributed by atoms with van der Waals surface area (Å²) >= 11 is 0. The Labute approximate surface area is 102 Å². The lowest BCUT2D eigenvalue weighted by atomic mass is 9.74. The molecule has 2 rings (SSSR count). The Balaban J connectivity index is 2.08. The van der Waals surface area contributed by atoms with Crippen molar-refractivity contribution < 1.29 is 14.7 Å². The maximum atomic E-state index is 11.9. The molecule has 0 aromatic rings. The first kappa shape index (κ1) is 12.6. The molecule has 1 aliphatic heterocycles. The summed E-state index contributed by atoms with van der Waals surface area (Å²) in [5.74, 6) is -0.309. The van der Waals surface area contributed by atoms with E-state index >= 15 is 0 Å². The van der Waals surface area contributed by atoms with E-state index in [4.69, 9.17) is 0 Å². The van der Waals surface area contributed by atoms with Gasteiger partial charge in [0.05, 0.1) is 6.61 Å². The Kier molecular flexibility index (Phi) is 3.52. The van der Waals surface area contributed by atoms with Crippen molar-refractivity contribution in [1.82, 2.24) is 4.90 Å². The van der Waals surface area contributed by atoms with Gasteiger partial charge in [0.25, 0.3) is 0 Å². The number of rotatable bonds is 3. The number of aliphatic hydroxyl groups excluding tert-OH is 1. The van der Waals surface area contributed by atoms with Gasteiger partial charge in [0.15, 0.2) is 0 Å². The molecule has 0 aromatic heterocycles. The molecule has 1 saturated carbocycles. The van der Waals surface area contributed by atoms with Crippen molar-refractivity contribution in [1.29, 1.82) is 0 Å². The van der Waals surface area contributed by atoms with Crippen LogP contribution in [0.5, 0.6) is 0 Å². The molecule has 2 amide bonds. The number of hydrogen-bond acceptors (Lipinski definition) is 3. The maximum Gasteiger partial charge on any atom is 0.232 e. The van der Waals surface area contributed by atoms with Crippen molar-refractivity contribution in [3.05, 3.63) is 0 Å². The van der Waals surface area contributed by atoms with Crippen LogP contribution in [0.15, 0.2) is 0 Å². The Morgan fingerprint density at radius 1 is 1.29 bits per heavy atom. The van der Waals surface area contributed by atoms with E-state index in [-0.39, 0.29) is 29.8 Å². The number of amides is 2. The van der Waals surface area contributed by atoms with Crippen LogP contribution >= 0.6 is 0 Å². The number of imide groups is 1. The van der Waals surface area contributed by atoms with Crippen LogP contribution in [0.3, 0.4) is 0 Å². The molecule has 0 spiro atoms. The van der Waals surface area contributed by atoms with Crippen LogP contribution in [0.1, 0.15) is 45.4 Å². The van der Waals surface area contributed by atoms with Crippen LogP contribution in [-0.2, 0) is 9.59 Å². The summed E-state index contributed by atoms with van der Waals surface area (Å²) in [6.45, 7) is 2.30. The topological polar surface area (TPSA) is 57.6 Å². The predicted molar refractivity (Wildman–Crippen MR) is 63.1 cm³/mol. The quantitative estimate of drug-likeness (QED) is 0.756. The maximum absolute atomic E-state index is 11.9. The smallest absolute Gasteiger partial charge is 0.232 e. The van der Waals surface area contributed by atoms with E-state index in [1.807, 2.05) is 0 Å². The third-order valence-corrected chi connectivity index (χ3v) is 4.21. The lowest BCUT2D eigenvalue weighted by Gasteiger charge is -2.38. The summed E-state index contributed by atoms with van der Waals surface area (Å²) in [7, 11) is 0. The van der Waals surface area contributed by atoms with E-state index in [1.165, 1.54) is 11.3 Å². The number of hydrogen-bond donors (Lipinski definition) is 1. The molecular formula is C13H21NO3. The van der Waals surface area contributed by atoms with Crippen molar-refractivity contribution in [2.75, 3.05) is 13.2 Å². The van der Waals surface area contributed by atoms with E-state index in [1.54, 1.807) is 6.92 Å². The zero-order valence-electron chi connectivity index (χ0n) is 10.4. The highest BCUT2D eigenvalue weighted by atomic mass is 16.3. The Morgan fingerprint density at radius 3 is 2.41 bits per heavy atom. The van der Waals surface area contributed by atoms with Crippen LogP contribution in [0.4, 0.5) is 0 Å². The summed E-state index contributed by atoms with van der Waals surface area (Å²) in [6, 6.07) is 0. The van der Waals surface area contributed by atoms with E-state index in [9.17, 15) is 14.7 Å². The van der Waals surface area contributed by atoms with Crippen LogP contribution in [-0.4, -0.2) is 35.0 Å². The summed E-state index contributed by atoms with van der Waals surface area (Å²) in [4.78, 5) is 25.0.